The molecule has 0 N–H and O–H groups in total. The lowest BCUT2D eigenvalue weighted by molar-refractivity contribution is 0.301. The van der Waals surface area contributed by atoms with Gasteiger partial charge < -0.3 is 0 Å². The molecule has 0 saturated heterocycles. The second kappa shape index (κ2) is 2.66. The van der Waals surface area contributed by atoms with Gasteiger partial charge in [0.1, 0.15) is 0 Å². The van der Waals surface area contributed by atoms with Crippen molar-refractivity contribution in [3.05, 3.63) is 12.2 Å². The van der Waals surface area contributed by atoms with Crippen molar-refractivity contribution in [3.8, 4) is 0 Å². The number of hydrogen-bond donors (Lipinski definition) is 0. The van der Waals surface area contributed by atoms with Gasteiger partial charge >= 0.3 is 0 Å². The second-order valence-corrected chi connectivity index (χ2v) is 4.33. The summed E-state index contributed by atoms with van der Waals surface area (Å²) in [6.07, 6.45) is 9.21. The molecule has 0 radical (unpaired) electrons. The predicted molar refractivity (Wildman–Crippen MR) is 48.3 cm³/mol. The number of rotatable bonds is 2. The molecule has 0 aromatic rings. The molecule has 1 fully saturated rings. The van der Waals surface area contributed by atoms with Gasteiger partial charge in [-0.15, -0.1) is 0 Å². The maximum atomic E-state index is 2.46. The minimum atomic E-state index is 0.954. The van der Waals surface area contributed by atoms with E-state index in [-0.39, 0.29) is 0 Å². The predicted octanol–water partition coefficient (Wildman–Crippen LogP) is 3.24. The van der Waals surface area contributed by atoms with E-state index in [1.807, 2.05) is 0 Å². The molecule has 0 spiro atoms. The van der Waals surface area contributed by atoms with Crippen molar-refractivity contribution in [2.24, 2.45) is 23.7 Å². The zero-order valence-electron chi connectivity index (χ0n) is 7.59. The van der Waals surface area contributed by atoms with E-state index in [0.29, 0.717) is 0 Å². The van der Waals surface area contributed by atoms with Crippen LogP contribution in [0.25, 0.3) is 0 Å². The monoisotopic (exact) mass is 150 g/mol. The minimum absolute atomic E-state index is 0.954. The Kier molecular flexibility index (Phi) is 1.78. The van der Waals surface area contributed by atoms with Crippen molar-refractivity contribution in [3.63, 3.8) is 0 Å². The van der Waals surface area contributed by atoms with Crippen LogP contribution in [0, 0.1) is 23.7 Å². The average molecular weight is 150 g/mol. The van der Waals surface area contributed by atoms with E-state index in [4.69, 9.17) is 0 Å². The summed E-state index contributed by atoms with van der Waals surface area (Å²) in [4.78, 5) is 0. The highest BCUT2D eigenvalue weighted by molar-refractivity contribution is 5.10. The fourth-order valence-corrected chi connectivity index (χ4v) is 2.78. The second-order valence-electron chi connectivity index (χ2n) is 4.33. The van der Waals surface area contributed by atoms with Gasteiger partial charge in [-0.05, 0) is 36.5 Å². The van der Waals surface area contributed by atoms with Crippen LogP contribution >= 0.6 is 0 Å². The molecule has 2 aliphatic carbocycles. The topological polar surface area (TPSA) is 0 Å². The average Bonchev–Trinajstić information content (AvgIpc) is 2.62. The van der Waals surface area contributed by atoms with Gasteiger partial charge in [-0.1, -0.05) is 32.4 Å². The standard InChI is InChI=1S/C11H18/c1-3-8(2)11-7-9-4-5-10(11)6-9/h4-5,8-11H,3,6-7H2,1-2H3. The Hall–Kier alpha value is -0.260. The molecule has 2 aliphatic rings. The van der Waals surface area contributed by atoms with Crippen molar-refractivity contribution in [2.75, 3.05) is 0 Å². The van der Waals surface area contributed by atoms with Crippen LogP contribution in [-0.4, -0.2) is 0 Å². The van der Waals surface area contributed by atoms with Gasteiger partial charge in [0.2, 0.25) is 0 Å². The molecule has 1 saturated carbocycles. The van der Waals surface area contributed by atoms with Gasteiger partial charge in [-0.25, -0.2) is 0 Å². The van der Waals surface area contributed by atoms with E-state index in [1.54, 1.807) is 0 Å². The molecule has 0 nitrogen and oxygen atoms in total. The summed E-state index contributed by atoms with van der Waals surface area (Å²) in [6, 6.07) is 0. The molecular weight excluding hydrogens is 132 g/mol. The van der Waals surface area contributed by atoms with Crippen molar-refractivity contribution >= 4 is 0 Å². The Balaban J connectivity index is 2.02. The van der Waals surface area contributed by atoms with Crippen molar-refractivity contribution < 1.29 is 0 Å². The van der Waals surface area contributed by atoms with Gasteiger partial charge in [0.05, 0.1) is 0 Å². The lowest BCUT2D eigenvalue weighted by Crippen LogP contribution is -2.15. The van der Waals surface area contributed by atoms with Crippen molar-refractivity contribution in [1.29, 1.82) is 0 Å². The van der Waals surface area contributed by atoms with Gasteiger partial charge in [0.15, 0.2) is 0 Å². The third kappa shape index (κ3) is 1.13. The Morgan fingerprint density at radius 2 is 2.18 bits per heavy atom. The first-order valence-corrected chi connectivity index (χ1v) is 4.99. The molecule has 2 rings (SSSR count). The summed E-state index contributed by atoms with van der Waals surface area (Å²) in [6.45, 7) is 4.74. The first-order chi connectivity index (χ1) is 5.31. The highest BCUT2D eigenvalue weighted by Gasteiger charge is 2.37. The van der Waals surface area contributed by atoms with Crippen molar-refractivity contribution in [1.82, 2.24) is 0 Å². The van der Waals surface area contributed by atoms with E-state index < -0.39 is 0 Å². The van der Waals surface area contributed by atoms with Crippen molar-refractivity contribution in [2.45, 2.75) is 33.1 Å². The van der Waals surface area contributed by atoms with Crippen LogP contribution in [0.3, 0.4) is 0 Å². The first kappa shape index (κ1) is 7.39. The molecule has 4 atom stereocenters. The highest BCUT2D eigenvalue weighted by Crippen LogP contribution is 2.47. The van der Waals surface area contributed by atoms with E-state index in [9.17, 15) is 0 Å². The Labute approximate surface area is 69.7 Å². The van der Waals surface area contributed by atoms with Crippen LogP contribution in [0.4, 0.5) is 0 Å². The maximum absolute atomic E-state index is 2.46. The summed E-state index contributed by atoms with van der Waals surface area (Å²) in [5.74, 6) is 3.89. The summed E-state index contributed by atoms with van der Waals surface area (Å²) in [5, 5.41) is 0. The lowest BCUT2D eigenvalue weighted by atomic mass is 9.82. The van der Waals surface area contributed by atoms with E-state index in [0.717, 1.165) is 23.7 Å². The fraction of sp³-hybridized carbons (Fsp3) is 0.818. The molecule has 0 aromatic carbocycles. The highest BCUT2D eigenvalue weighted by atomic mass is 14.4. The number of hydrogen-bond acceptors (Lipinski definition) is 0. The smallest absolute Gasteiger partial charge is 0.0197 e. The molecule has 62 valence electrons. The first-order valence-electron chi connectivity index (χ1n) is 4.99. The van der Waals surface area contributed by atoms with Crippen LogP contribution in [0.15, 0.2) is 12.2 Å². The van der Waals surface area contributed by atoms with Crippen LogP contribution in [0.2, 0.25) is 0 Å². The molecule has 11 heavy (non-hydrogen) atoms. The normalized spacial score (nSPS) is 43.3. The van der Waals surface area contributed by atoms with Gasteiger partial charge in [0.25, 0.3) is 0 Å². The summed E-state index contributed by atoms with van der Waals surface area (Å²) in [5.41, 5.74) is 0. The molecular formula is C11H18. The quantitative estimate of drug-likeness (QED) is 0.530. The molecule has 0 aromatic heterocycles. The zero-order valence-corrected chi connectivity index (χ0v) is 7.59. The van der Waals surface area contributed by atoms with Crippen LogP contribution in [0.1, 0.15) is 33.1 Å². The summed E-state index contributed by atoms with van der Waals surface area (Å²) in [7, 11) is 0. The SMILES string of the molecule is CCC(C)C1CC2C=CC1C2. The van der Waals surface area contributed by atoms with E-state index in [2.05, 4.69) is 26.0 Å². The number of fused-ring (bicyclic) bond motifs is 2. The van der Waals surface area contributed by atoms with Gasteiger partial charge in [0, 0.05) is 0 Å². The van der Waals surface area contributed by atoms with Gasteiger partial charge in [-0.2, -0.15) is 0 Å². The molecule has 0 amide bonds. The maximum Gasteiger partial charge on any atom is -0.0197 e. The zero-order chi connectivity index (χ0) is 7.84. The molecule has 4 unspecified atom stereocenters. The third-order valence-corrected chi connectivity index (χ3v) is 3.71. The Bertz CT molecular complexity index is 169. The summed E-state index contributed by atoms with van der Waals surface area (Å²) >= 11 is 0. The lowest BCUT2D eigenvalue weighted by Gasteiger charge is -2.23. The van der Waals surface area contributed by atoms with Gasteiger partial charge in [-0.3, -0.25) is 0 Å². The molecule has 0 heteroatoms. The minimum Gasteiger partial charge on any atom is -0.0851 e. The summed E-state index contributed by atoms with van der Waals surface area (Å²) < 4.78 is 0. The van der Waals surface area contributed by atoms with Crippen LogP contribution in [-0.2, 0) is 0 Å². The molecule has 0 aliphatic heterocycles. The van der Waals surface area contributed by atoms with Crippen LogP contribution < -0.4 is 0 Å². The Morgan fingerprint density at radius 3 is 2.64 bits per heavy atom. The Morgan fingerprint density at radius 1 is 1.36 bits per heavy atom. The number of allylic oxidation sites excluding steroid dienone is 2. The molecule has 2 bridgehead atoms. The third-order valence-electron chi connectivity index (χ3n) is 3.71. The molecule has 0 heterocycles. The van der Waals surface area contributed by atoms with E-state index in [1.165, 1.54) is 19.3 Å². The largest absolute Gasteiger partial charge is 0.0851 e. The fourth-order valence-electron chi connectivity index (χ4n) is 2.78. The van der Waals surface area contributed by atoms with E-state index >= 15 is 0 Å². The van der Waals surface area contributed by atoms with Crippen LogP contribution in [0.5, 0.6) is 0 Å².